The highest BCUT2D eigenvalue weighted by atomic mass is 15.2. The topological polar surface area (TPSA) is 63.8 Å². The Labute approximate surface area is 215 Å². The lowest BCUT2D eigenvalue weighted by molar-refractivity contribution is 0.239. The van der Waals surface area contributed by atoms with E-state index in [9.17, 15) is 0 Å². The zero-order chi connectivity index (χ0) is 25.0. The molecule has 0 unspecified atom stereocenters. The van der Waals surface area contributed by atoms with E-state index in [0.29, 0.717) is 0 Å². The highest BCUT2D eigenvalue weighted by Gasteiger charge is 2.11. The third-order valence-corrected chi connectivity index (χ3v) is 6.52. The van der Waals surface area contributed by atoms with E-state index in [-0.39, 0.29) is 0 Å². The van der Waals surface area contributed by atoms with E-state index in [0.717, 1.165) is 50.5 Å². The number of rotatable bonds is 15. The summed E-state index contributed by atoms with van der Waals surface area (Å²) in [7, 11) is 0. The predicted molar refractivity (Wildman–Crippen MR) is 146 cm³/mol. The molecule has 0 fully saturated rings. The molecule has 0 aliphatic carbocycles. The van der Waals surface area contributed by atoms with Gasteiger partial charge in [0.2, 0.25) is 0 Å². The van der Waals surface area contributed by atoms with Crippen LogP contribution >= 0.6 is 0 Å². The Bertz CT molecular complexity index is 1060. The van der Waals surface area contributed by atoms with Crippen LogP contribution in [0.3, 0.4) is 0 Å². The molecule has 4 rings (SSSR count). The number of aryl methyl sites for hydroxylation is 2. The van der Waals surface area contributed by atoms with Gasteiger partial charge in [0.1, 0.15) is 5.82 Å². The van der Waals surface area contributed by atoms with E-state index in [2.05, 4.69) is 92.3 Å². The van der Waals surface area contributed by atoms with E-state index >= 15 is 0 Å². The summed E-state index contributed by atoms with van der Waals surface area (Å²) < 4.78 is 0. The summed E-state index contributed by atoms with van der Waals surface area (Å²) in [5, 5.41) is 7.16. The van der Waals surface area contributed by atoms with Gasteiger partial charge in [0.15, 0.2) is 0 Å². The molecule has 4 aromatic rings. The van der Waals surface area contributed by atoms with Crippen molar-refractivity contribution in [2.24, 2.45) is 0 Å². The molecule has 2 aromatic carbocycles. The highest BCUT2D eigenvalue weighted by Crippen LogP contribution is 2.15. The molecule has 0 atom stereocenters. The number of benzene rings is 2. The lowest BCUT2D eigenvalue weighted by Crippen LogP contribution is -2.24. The van der Waals surface area contributed by atoms with Crippen LogP contribution in [-0.2, 0) is 39.0 Å². The zero-order valence-electron chi connectivity index (χ0n) is 21.8. The molecule has 0 aliphatic heterocycles. The van der Waals surface area contributed by atoms with E-state index in [1.54, 1.807) is 12.4 Å². The predicted octanol–water partition coefficient (Wildman–Crippen LogP) is 5.74. The maximum Gasteiger partial charge on any atom is 0.120 e. The van der Waals surface area contributed by atoms with Crippen LogP contribution in [0.2, 0.25) is 0 Å². The van der Waals surface area contributed by atoms with Gasteiger partial charge in [0.05, 0.1) is 6.54 Å². The van der Waals surface area contributed by atoms with Gasteiger partial charge in [-0.25, -0.2) is 4.98 Å². The maximum absolute atomic E-state index is 4.40. The number of hydrogen-bond acceptors (Lipinski definition) is 4. The number of H-pyrrole nitrogens is 2. The first-order chi connectivity index (χ1) is 17.7. The second kappa shape index (κ2) is 13.8. The average Bonchev–Trinajstić information content (AvgIpc) is 3.59. The molecule has 0 aliphatic rings. The Morgan fingerprint density at radius 2 is 1.22 bits per heavy atom. The monoisotopic (exact) mass is 484 g/mol. The molecule has 36 heavy (non-hydrogen) atoms. The molecule has 6 heteroatoms. The minimum Gasteiger partial charge on any atom is -0.348 e. The number of nitrogens with zero attached hydrogens (tertiary/aromatic N) is 4. The number of nitrogens with one attached hydrogen (secondary N) is 2. The van der Waals surface area contributed by atoms with Gasteiger partial charge in [-0.15, -0.1) is 0 Å². The Hall–Kier alpha value is -3.22. The SMILES string of the molecule is CCCN(CCC)Cc1ccc(CCc2ccc(CN(Cc3ccn[nH]3)Cc3ncc[nH]3)cc2)cc1. The van der Waals surface area contributed by atoms with Crippen molar-refractivity contribution >= 4 is 0 Å². The van der Waals surface area contributed by atoms with Crippen LogP contribution in [-0.4, -0.2) is 43.1 Å². The van der Waals surface area contributed by atoms with Gasteiger partial charge < -0.3 is 4.98 Å². The minimum absolute atomic E-state index is 0.762. The third-order valence-electron chi connectivity index (χ3n) is 6.52. The van der Waals surface area contributed by atoms with Crippen molar-refractivity contribution in [2.45, 2.75) is 65.7 Å². The van der Waals surface area contributed by atoms with E-state index in [1.165, 1.54) is 48.2 Å². The van der Waals surface area contributed by atoms with Gasteiger partial charge in [-0.05, 0) is 67.1 Å². The van der Waals surface area contributed by atoms with Crippen LogP contribution in [0, 0.1) is 0 Å². The summed E-state index contributed by atoms with van der Waals surface area (Å²) in [5.41, 5.74) is 6.61. The first-order valence-electron chi connectivity index (χ1n) is 13.3. The first kappa shape index (κ1) is 25.9. The highest BCUT2D eigenvalue weighted by molar-refractivity contribution is 5.26. The standard InChI is InChI=1S/C30H40N6/c1-3-19-35(20-4-2)21-27-11-7-25(8-12-27)5-6-26-9-13-28(14-10-26)22-36(23-29-15-16-33-34-29)24-30-31-17-18-32-30/h7-18H,3-6,19-24H2,1-2H3,(H,31,32)(H,33,34). The fourth-order valence-corrected chi connectivity index (χ4v) is 4.71. The van der Waals surface area contributed by atoms with Crippen molar-refractivity contribution in [3.63, 3.8) is 0 Å². The van der Waals surface area contributed by atoms with Crippen LogP contribution in [0.15, 0.2) is 73.2 Å². The van der Waals surface area contributed by atoms with Gasteiger partial charge in [-0.3, -0.25) is 14.9 Å². The second-order valence-electron chi connectivity index (χ2n) is 9.67. The molecular weight excluding hydrogens is 444 g/mol. The van der Waals surface area contributed by atoms with Gasteiger partial charge >= 0.3 is 0 Å². The molecule has 0 bridgehead atoms. The molecule has 2 heterocycles. The summed E-state index contributed by atoms with van der Waals surface area (Å²) in [4.78, 5) is 12.5. The molecule has 0 radical (unpaired) electrons. The molecular formula is C30H40N6. The Morgan fingerprint density at radius 1 is 0.639 bits per heavy atom. The largest absolute Gasteiger partial charge is 0.348 e. The number of aromatic nitrogens is 4. The van der Waals surface area contributed by atoms with Crippen molar-refractivity contribution in [2.75, 3.05) is 13.1 Å². The zero-order valence-corrected chi connectivity index (χ0v) is 21.8. The average molecular weight is 485 g/mol. The summed E-state index contributed by atoms with van der Waals surface area (Å²) in [6.07, 6.45) is 10.0. The van der Waals surface area contributed by atoms with E-state index in [4.69, 9.17) is 0 Å². The Kier molecular flexibility index (Phi) is 9.88. The van der Waals surface area contributed by atoms with Gasteiger partial charge in [0.25, 0.3) is 0 Å². The summed E-state index contributed by atoms with van der Waals surface area (Å²) >= 11 is 0. The maximum atomic E-state index is 4.40. The molecule has 0 saturated carbocycles. The Morgan fingerprint density at radius 3 is 1.72 bits per heavy atom. The van der Waals surface area contributed by atoms with Crippen LogP contribution < -0.4 is 0 Å². The fourth-order valence-electron chi connectivity index (χ4n) is 4.71. The summed E-state index contributed by atoms with van der Waals surface area (Å²) in [6.45, 7) is 10.3. The smallest absolute Gasteiger partial charge is 0.120 e. The normalized spacial score (nSPS) is 11.6. The molecule has 0 saturated heterocycles. The quantitative estimate of drug-likeness (QED) is 0.226. The number of hydrogen-bond donors (Lipinski definition) is 2. The van der Waals surface area contributed by atoms with Crippen molar-refractivity contribution in [3.05, 3.63) is 107 Å². The second-order valence-corrected chi connectivity index (χ2v) is 9.67. The Balaban J connectivity index is 1.29. The van der Waals surface area contributed by atoms with Gasteiger partial charge in [-0.2, -0.15) is 5.10 Å². The lowest BCUT2D eigenvalue weighted by atomic mass is 10.0. The van der Waals surface area contributed by atoms with Gasteiger partial charge in [0, 0.05) is 43.9 Å². The molecule has 0 amide bonds. The number of imidazole rings is 1. The first-order valence-corrected chi connectivity index (χ1v) is 13.3. The summed E-state index contributed by atoms with van der Waals surface area (Å²) in [6, 6.07) is 20.3. The van der Waals surface area contributed by atoms with Crippen molar-refractivity contribution in [3.8, 4) is 0 Å². The summed E-state index contributed by atoms with van der Waals surface area (Å²) in [5.74, 6) is 0.973. The third kappa shape index (κ3) is 8.18. The van der Waals surface area contributed by atoms with E-state index < -0.39 is 0 Å². The van der Waals surface area contributed by atoms with Crippen molar-refractivity contribution < 1.29 is 0 Å². The lowest BCUT2D eigenvalue weighted by Gasteiger charge is -2.21. The van der Waals surface area contributed by atoms with Gasteiger partial charge in [-0.1, -0.05) is 62.4 Å². The molecule has 2 N–H and O–H groups in total. The molecule has 190 valence electrons. The minimum atomic E-state index is 0.762. The fraction of sp³-hybridized carbons (Fsp3) is 0.400. The van der Waals surface area contributed by atoms with Crippen LogP contribution in [0.5, 0.6) is 0 Å². The van der Waals surface area contributed by atoms with Crippen LogP contribution in [0.1, 0.15) is 60.5 Å². The molecule has 6 nitrogen and oxygen atoms in total. The van der Waals surface area contributed by atoms with Crippen molar-refractivity contribution in [1.82, 2.24) is 30.0 Å². The number of aromatic amines is 2. The van der Waals surface area contributed by atoms with E-state index in [1.807, 2.05) is 12.3 Å². The van der Waals surface area contributed by atoms with Crippen molar-refractivity contribution in [1.29, 1.82) is 0 Å². The van der Waals surface area contributed by atoms with Crippen LogP contribution in [0.4, 0.5) is 0 Å². The molecule has 2 aromatic heterocycles. The van der Waals surface area contributed by atoms with Crippen LogP contribution in [0.25, 0.3) is 0 Å². The molecule has 0 spiro atoms.